The van der Waals surface area contributed by atoms with Crippen molar-refractivity contribution < 1.29 is 18.6 Å². The van der Waals surface area contributed by atoms with Crippen molar-refractivity contribution in [3.8, 4) is 5.75 Å². The number of hydrogen-bond donors (Lipinski definition) is 2. The lowest BCUT2D eigenvalue weighted by Gasteiger charge is -2.39. The van der Waals surface area contributed by atoms with Gasteiger partial charge < -0.3 is 15.2 Å². The monoisotopic (exact) mass is 364 g/mol. The van der Waals surface area contributed by atoms with E-state index in [0.29, 0.717) is 42.0 Å². The molecule has 0 spiro atoms. The zero-order valence-corrected chi connectivity index (χ0v) is 13.4. The second-order valence-electron chi connectivity index (χ2n) is 4.99. The molecule has 1 aliphatic heterocycles. The highest BCUT2D eigenvalue weighted by atomic mass is 79.9. The molecule has 1 atom stereocenters. The van der Waals surface area contributed by atoms with Crippen LogP contribution in [0.15, 0.2) is 22.7 Å². The summed E-state index contributed by atoms with van der Waals surface area (Å²) in [6.45, 7) is 1.09. The molecule has 0 unspecified atom stereocenters. The van der Waals surface area contributed by atoms with Gasteiger partial charge in [-0.25, -0.2) is 8.78 Å². The molecule has 0 aliphatic carbocycles. The molecule has 1 aromatic rings. The number of benzene rings is 1. The SMILES string of the molecule is COc1ccc(Br)cc1[C@H](N1CCNCC1)C(F)(F)CO. The number of alkyl halides is 2. The Morgan fingerprint density at radius 1 is 1.43 bits per heavy atom. The molecule has 0 aromatic heterocycles. The maximum atomic E-state index is 14.4. The minimum Gasteiger partial charge on any atom is -0.496 e. The van der Waals surface area contributed by atoms with Gasteiger partial charge in [-0.2, -0.15) is 0 Å². The number of piperazine rings is 1. The summed E-state index contributed by atoms with van der Waals surface area (Å²) < 4.78 is 34.6. The molecule has 4 nitrogen and oxygen atoms in total. The predicted molar refractivity (Wildman–Crippen MR) is 79.9 cm³/mol. The number of halogens is 3. The Kier molecular flexibility index (Phi) is 5.54. The summed E-state index contributed by atoms with van der Waals surface area (Å²) >= 11 is 3.31. The summed E-state index contributed by atoms with van der Waals surface area (Å²) in [5.41, 5.74) is 0.382. The lowest BCUT2D eigenvalue weighted by Crippen LogP contribution is -2.51. The van der Waals surface area contributed by atoms with E-state index in [1.807, 2.05) is 0 Å². The van der Waals surface area contributed by atoms with Gasteiger partial charge in [-0.15, -0.1) is 0 Å². The van der Waals surface area contributed by atoms with E-state index >= 15 is 0 Å². The van der Waals surface area contributed by atoms with Crippen LogP contribution >= 0.6 is 15.9 Å². The van der Waals surface area contributed by atoms with Gasteiger partial charge in [0.15, 0.2) is 0 Å². The molecule has 118 valence electrons. The summed E-state index contributed by atoms with van der Waals surface area (Å²) in [6, 6.07) is 3.82. The minimum absolute atomic E-state index is 0.382. The van der Waals surface area contributed by atoms with E-state index in [-0.39, 0.29) is 0 Å². The molecule has 1 heterocycles. The number of aliphatic hydroxyl groups is 1. The van der Waals surface area contributed by atoms with Gasteiger partial charge >= 0.3 is 0 Å². The fraction of sp³-hybridized carbons (Fsp3) is 0.571. The molecule has 0 radical (unpaired) electrons. The Labute approximate surface area is 131 Å². The van der Waals surface area contributed by atoms with E-state index in [2.05, 4.69) is 21.2 Å². The van der Waals surface area contributed by atoms with Crippen LogP contribution in [0.5, 0.6) is 5.75 Å². The third-order valence-corrected chi connectivity index (χ3v) is 4.11. The Balaban J connectivity index is 2.46. The van der Waals surface area contributed by atoms with Crippen LogP contribution in [0.1, 0.15) is 11.6 Å². The molecule has 1 fully saturated rings. The first kappa shape index (κ1) is 16.6. The number of ether oxygens (including phenoxy) is 1. The zero-order chi connectivity index (χ0) is 15.5. The molecule has 21 heavy (non-hydrogen) atoms. The van der Waals surface area contributed by atoms with Crippen LogP contribution < -0.4 is 10.1 Å². The fourth-order valence-electron chi connectivity index (χ4n) is 2.64. The van der Waals surface area contributed by atoms with E-state index in [0.717, 1.165) is 0 Å². The van der Waals surface area contributed by atoms with Gasteiger partial charge in [0.05, 0.1) is 7.11 Å². The van der Waals surface area contributed by atoms with Crippen LogP contribution in [0.2, 0.25) is 0 Å². The molecular formula is C14H19BrF2N2O2. The zero-order valence-electron chi connectivity index (χ0n) is 11.8. The second-order valence-corrected chi connectivity index (χ2v) is 5.91. The number of aliphatic hydroxyl groups excluding tert-OH is 1. The fourth-order valence-corrected chi connectivity index (χ4v) is 3.02. The minimum atomic E-state index is -3.24. The molecular weight excluding hydrogens is 346 g/mol. The molecule has 0 saturated carbocycles. The predicted octanol–water partition coefficient (Wildman–Crippen LogP) is 2.03. The van der Waals surface area contributed by atoms with Crippen molar-refractivity contribution in [2.45, 2.75) is 12.0 Å². The highest BCUT2D eigenvalue weighted by Gasteiger charge is 2.45. The lowest BCUT2D eigenvalue weighted by atomic mass is 9.97. The van der Waals surface area contributed by atoms with Crippen LogP contribution in [0.25, 0.3) is 0 Å². The first-order valence-electron chi connectivity index (χ1n) is 6.76. The van der Waals surface area contributed by atoms with Crippen LogP contribution in [-0.2, 0) is 0 Å². The Morgan fingerprint density at radius 2 is 2.10 bits per heavy atom. The summed E-state index contributed by atoms with van der Waals surface area (Å²) in [7, 11) is 1.46. The topological polar surface area (TPSA) is 44.7 Å². The average molecular weight is 365 g/mol. The molecule has 1 saturated heterocycles. The highest BCUT2D eigenvalue weighted by molar-refractivity contribution is 9.10. The summed E-state index contributed by atoms with van der Waals surface area (Å²) in [4.78, 5) is 1.69. The largest absolute Gasteiger partial charge is 0.496 e. The van der Waals surface area contributed by atoms with Gasteiger partial charge in [0.2, 0.25) is 0 Å². The number of rotatable bonds is 5. The van der Waals surface area contributed by atoms with Crippen molar-refractivity contribution >= 4 is 15.9 Å². The standard InChI is InChI=1S/C14H19BrF2N2O2/c1-21-12-3-2-10(15)8-11(12)13(14(16,17)9-20)19-6-4-18-5-7-19/h2-3,8,13,18,20H,4-7,9H2,1H3/t13-/m0/s1. The molecule has 2 rings (SSSR count). The molecule has 7 heteroatoms. The molecule has 2 N–H and O–H groups in total. The number of nitrogens with one attached hydrogen (secondary N) is 1. The maximum Gasteiger partial charge on any atom is 0.290 e. The van der Waals surface area contributed by atoms with Crippen LogP contribution in [0, 0.1) is 0 Å². The number of hydrogen-bond acceptors (Lipinski definition) is 4. The first-order valence-corrected chi connectivity index (χ1v) is 7.56. The molecule has 0 bridgehead atoms. The van der Waals surface area contributed by atoms with Crippen molar-refractivity contribution in [1.82, 2.24) is 10.2 Å². The lowest BCUT2D eigenvalue weighted by molar-refractivity contribution is -0.119. The first-order chi connectivity index (χ1) is 9.99. The third-order valence-electron chi connectivity index (χ3n) is 3.61. The number of methoxy groups -OCH3 is 1. The van der Waals surface area contributed by atoms with Gasteiger partial charge in [-0.1, -0.05) is 15.9 Å². The van der Waals surface area contributed by atoms with Gasteiger partial charge in [0, 0.05) is 36.2 Å². The van der Waals surface area contributed by atoms with E-state index in [4.69, 9.17) is 9.84 Å². The Bertz CT molecular complexity index is 482. The quantitative estimate of drug-likeness (QED) is 0.838. The Hall–Kier alpha value is -0.760. The van der Waals surface area contributed by atoms with Crippen molar-refractivity contribution in [1.29, 1.82) is 0 Å². The smallest absolute Gasteiger partial charge is 0.290 e. The summed E-state index contributed by atoms with van der Waals surface area (Å²) in [5.74, 6) is -2.85. The van der Waals surface area contributed by atoms with Gasteiger partial charge in [0.25, 0.3) is 5.92 Å². The van der Waals surface area contributed by atoms with E-state index < -0.39 is 18.6 Å². The summed E-state index contributed by atoms with van der Waals surface area (Å²) in [5, 5.41) is 12.3. The van der Waals surface area contributed by atoms with Gasteiger partial charge in [0.1, 0.15) is 18.4 Å². The van der Waals surface area contributed by atoms with Crippen LogP contribution in [0.4, 0.5) is 8.78 Å². The van der Waals surface area contributed by atoms with Crippen molar-refractivity contribution in [3.05, 3.63) is 28.2 Å². The van der Waals surface area contributed by atoms with Crippen LogP contribution in [-0.4, -0.2) is 55.8 Å². The highest BCUT2D eigenvalue weighted by Crippen LogP contribution is 2.41. The Morgan fingerprint density at radius 3 is 2.67 bits per heavy atom. The van der Waals surface area contributed by atoms with Gasteiger partial charge in [-0.05, 0) is 18.2 Å². The maximum absolute atomic E-state index is 14.4. The molecule has 0 amide bonds. The third kappa shape index (κ3) is 3.71. The van der Waals surface area contributed by atoms with E-state index in [9.17, 15) is 8.78 Å². The average Bonchev–Trinajstić information content (AvgIpc) is 2.48. The molecule has 1 aromatic carbocycles. The van der Waals surface area contributed by atoms with Gasteiger partial charge in [-0.3, -0.25) is 4.90 Å². The molecule has 1 aliphatic rings. The van der Waals surface area contributed by atoms with Crippen molar-refractivity contribution in [3.63, 3.8) is 0 Å². The second kappa shape index (κ2) is 7.00. The van der Waals surface area contributed by atoms with Crippen molar-refractivity contribution in [2.75, 3.05) is 39.9 Å². The number of nitrogens with zero attached hydrogens (tertiary/aromatic N) is 1. The van der Waals surface area contributed by atoms with E-state index in [1.165, 1.54) is 7.11 Å². The van der Waals surface area contributed by atoms with Crippen LogP contribution in [0.3, 0.4) is 0 Å². The normalized spacial score (nSPS) is 18.5. The van der Waals surface area contributed by atoms with Crippen molar-refractivity contribution in [2.24, 2.45) is 0 Å². The summed E-state index contributed by atoms with van der Waals surface area (Å²) in [6.07, 6.45) is 0. The van der Waals surface area contributed by atoms with E-state index in [1.54, 1.807) is 23.1 Å².